The van der Waals surface area contributed by atoms with Crippen molar-refractivity contribution >= 4 is 5.96 Å². The van der Waals surface area contributed by atoms with Crippen molar-refractivity contribution in [1.82, 2.24) is 10.2 Å². The molecule has 0 atom stereocenters. The van der Waals surface area contributed by atoms with Crippen LogP contribution in [0.2, 0.25) is 0 Å². The maximum atomic E-state index is 6.06. The summed E-state index contributed by atoms with van der Waals surface area (Å²) >= 11 is 0. The van der Waals surface area contributed by atoms with Crippen LogP contribution in [0.1, 0.15) is 18.4 Å². The summed E-state index contributed by atoms with van der Waals surface area (Å²) in [7, 11) is 7.44. The molecule has 1 aromatic carbocycles. The van der Waals surface area contributed by atoms with Crippen molar-refractivity contribution in [2.45, 2.75) is 24.9 Å². The van der Waals surface area contributed by atoms with Gasteiger partial charge in [0.1, 0.15) is 0 Å². The highest BCUT2D eigenvalue weighted by Gasteiger charge is 2.34. The predicted octanol–water partition coefficient (Wildman–Crippen LogP) is 1.22. The van der Waals surface area contributed by atoms with Gasteiger partial charge in [0.2, 0.25) is 0 Å². The zero-order valence-corrected chi connectivity index (χ0v) is 15.7. The van der Waals surface area contributed by atoms with Crippen molar-refractivity contribution in [1.29, 1.82) is 0 Å². The first-order chi connectivity index (χ1) is 12.0. The number of ether oxygens (including phenoxy) is 3. The Morgan fingerprint density at radius 2 is 1.92 bits per heavy atom. The number of aliphatic imine (C=N–C) groups is 1. The molecule has 7 heteroatoms. The van der Waals surface area contributed by atoms with Gasteiger partial charge in [0.15, 0.2) is 17.5 Å². The van der Waals surface area contributed by atoms with Crippen molar-refractivity contribution in [2.75, 3.05) is 48.1 Å². The first-order valence-electron chi connectivity index (χ1n) is 8.50. The molecule has 1 heterocycles. The molecule has 3 N–H and O–H groups in total. The molecule has 0 aromatic heterocycles. The van der Waals surface area contributed by atoms with Crippen molar-refractivity contribution in [3.8, 4) is 11.5 Å². The third-order valence-electron chi connectivity index (χ3n) is 4.85. The number of methoxy groups -OCH3 is 2. The Kier molecular flexibility index (Phi) is 6.90. The maximum absolute atomic E-state index is 6.06. The number of guanidine groups is 1. The molecule has 25 heavy (non-hydrogen) atoms. The molecule has 0 saturated carbocycles. The van der Waals surface area contributed by atoms with Crippen LogP contribution in [0.5, 0.6) is 11.5 Å². The van der Waals surface area contributed by atoms with Crippen molar-refractivity contribution < 1.29 is 14.2 Å². The first-order valence-corrected chi connectivity index (χ1v) is 8.50. The number of nitrogens with one attached hydrogen (secondary N) is 1. The molecule has 0 spiro atoms. The van der Waals surface area contributed by atoms with E-state index in [9.17, 15) is 0 Å². The van der Waals surface area contributed by atoms with Crippen LogP contribution in [-0.4, -0.2) is 64.5 Å². The van der Waals surface area contributed by atoms with Gasteiger partial charge in [-0.25, -0.2) is 4.99 Å². The summed E-state index contributed by atoms with van der Waals surface area (Å²) in [6, 6.07) is 5.74. The summed E-state index contributed by atoms with van der Waals surface area (Å²) < 4.78 is 16.0. The van der Waals surface area contributed by atoms with Crippen molar-refractivity contribution in [2.24, 2.45) is 10.7 Å². The molecule has 2 rings (SSSR count). The highest BCUT2D eigenvalue weighted by Crippen LogP contribution is 2.28. The number of hydrogen-bond donors (Lipinski definition) is 2. The fourth-order valence-electron chi connectivity index (χ4n) is 3.00. The van der Waals surface area contributed by atoms with Gasteiger partial charge >= 0.3 is 0 Å². The summed E-state index contributed by atoms with van der Waals surface area (Å²) in [4.78, 5) is 6.69. The average molecular weight is 350 g/mol. The fourth-order valence-corrected chi connectivity index (χ4v) is 3.00. The number of benzene rings is 1. The van der Waals surface area contributed by atoms with Crippen LogP contribution < -0.4 is 20.5 Å². The lowest BCUT2D eigenvalue weighted by molar-refractivity contribution is -0.00495. The molecule has 0 unspecified atom stereocenters. The molecule has 1 aliphatic heterocycles. The van der Waals surface area contributed by atoms with E-state index >= 15 is 0 Å². The van der Waals surface area contributed by atoms with Gasteiger partial charge in [0.25, 0.3) is 0 Å². The Balaban J connectivity index is 1.95. The van der Waals surface area contributed by atoms with E-state index in [2.05, 4.69) is 29.3 Å². The minimum atomic E-state index is 0.0573. The van der Waals surface area contributed by atoms with Crippen molar-refractivity contribution in [3.05, 3.63) is 23.8 Å². The summed E-state index contributed by atoms with van der Waals surface area (Å²) in [6.45, 7) is 2.80. The lowest BCUT2D eigenvalue weighted by Crippen LogP contribution is -2.56. The Bertz CT molecular complexity index is 584. The molecule has 140 valence electrons. The average Bonchev–Trinajstić information content (AvgIpc) is 2.65. The maximum Gasteiger partial charge on any atom is 0.188 e. The van der Waals surface area contributed by atoms with Gasteiger partial charge in [-0.05, 0) is 44.6 Å². The van der Waals surface area contributed by atoms with E-state index in [1.165, 1.54) is 0 Å². The van der Waals surface area contributed by atoms with E-state index in [0.29, 0.717) is 24.0 Å². The third-order valence-corrected chi connectivity index (χ3v) is 4.85. The van der Waals surface area contributed by atoms with E-state index in [1.54, 1.807) is 14.2 Å². The van der Waals surface area contributed by atoms with Crippen LogP contribution >= 0.6 is 0 Å². The van der Waals surface area contributed by atoms with Gasteiger partial charge in [-0.2, -0.15) is 0 Å². The van der Waals surface area contributed by atoms with Gasteiger partial charge in [0.05, 0.1) is 20.8 Å². The highest BCUT2D eigenvalue weighted by atomic mass is 16.5. The molecular weight excluding hydrogens is 320 g/mol. The highest BCUT2D eigenvalue weighted by molar-refractivity contribution is 5.77. The molecule has 1 aliphatic rings. The zero-order chi connectivity index (χ0) is 18.3. The van der Waals surface area contributed by atoms with Crippen LogP contribution in [-0.2, 0) is 11.3 Å². The van der Waals surface area contributed by atoms with Gasteiger partial charge in [-0.15, -0.1) is 0 Å². The lowest BCUT2D eigenvalue weighted by atomic mass is 9.88. The predicted molar refractivity (Wildman–Crippen MR) is 99.3 cm³/mol. The first kappa shape index (κ1) is 19.3. The second-order valence-electron chi connectivity index (χ2n) is 6.48. The second kappa shape index (κ2) is 8.92. The van der Waals surface area contributed by atoms with Crippen LogP contribution in [0.25, 0.3) is 0 Å². The Morgan fingerprint density at radius 1 is 1.24 bits per heavy atom. The second-order valence-corrected chi connectivity index (χ2v) is 6.48. The van der Waals surface area contributed by atoms with E-state index < -0.39 is 0 Å². The van der Waals surface area contributed by atoms with Gasteiger partial charge < -0.3 is 30.2 Å². The summed E-state index contributed by atoms with van der Waals surface area (Å²) in [5.41, 5.74) is 7.12. The van der Waals surface area contributed by atoms with Gasteiger partial charge in [-0.3, -0.25) is 0 Å². The van der Waals surface area contributed by atoms with E-state index in [1.807, 2.05) is 18.2 Å². The number of nitrogens with zero attached hydrogens (tertiary/aromatic N) is 2. The quantitative estimate of drug-likeness (QED) is 0.568. The Morgan fingerprint density at radius 3 is 2.52 bits per heavy atom. The summed E-state index contributed by atoms with van der Waals surface area (Å²) in [5, 5.41) is 3.27. The molecule has 0 radical (unpaired) electrons. The molecule has 0 bridgehead atoms. The zero-order valence-electron chi connectivity index (χ0n) is 15.7. The summed E-state index contributed by atoms with van der Waals surface area (Å²) in [5.74, 6) is 1.84. The minimum absolute atomic E-state index is 0.0573. The number of rotatable bonds is 7. The molecule has 1 aromatic rings. The molecular formula is C18H30N4O3. The van der Waals surface area contributed by atoms with Crippen LogP contribution in [0.3, 0.4) is 0 Å². The Labute approximate surface area is 150 Å². The van der Waals surface area contributed by atoms with E-state index in [-0.39, 0.29) is 5.54 Å². The largest absolute Gasteiger partial charge is 0.493 e. The SMILES string of the molecule is COc1ccc(CN=C(N)NCC2(N(C)C)CCOCC2)cc1OC. The molecule has 0 aliphatic carbocycles. The standard InChI is InChI=1S/C18H30N4O3/c1-22(2)18(7-9-25-10-8-18)13-21-17(19)20-12-14-5-6-15(23-3)16(11-14)24-4/h5-6,11H,7-10,12-13H2,1-4H3,(H3,19,20,21). The molecule has 1 saturated heterocycles. The number of hydrogen-bond acceptors (Lipinski definition) is 5. The topological polar surface area (TPSA) is 81.3 Å². The van der Waals surface area contributed by atoms with Gasteiger partial charge in [-0.1, -0.05) is 6.07 Å². The van der Waals surface area contributed by atoms with Crippen molar-refractivity contribution in [3.63, 3.8) is 0 Å². The van der Waals surface area contributed by atoms with Gasteiger partial charge in [0, 0.05) is 25.3 Å². The van der Waals surface area contributed by atoms with Crippen LogP contribution in [0.15, 0.2) is 23.2 Å². The molecule has 1 fully saturated rings. The number of likely N-dealkylation sites (N-methyl/N-ethyl adjacent to an activating group) is 1. The third kappa shape index (κ3) is 4.99. The van der Waals surface area contributed by atoms with Crippen LogP contribution in [0, 0.1) is 0 Å². The van der Waals surface area contributed by atoms with E-state index in [0.717, 1.165) is 38.2 Å². The number of nitrogens with two attached hydrogens (primary N) is 1. The minimum Gasteiger partial charge on any atom is -0.493 e. The fraction of sp³-hybridized carbons (Fsp3) is 0.611. The molecule has 7 nitrogen and oxygen atoms in total. The summed E-state index contributed by atoms with van der Waals surface area (Å²) in [6.07, 6.45) is 1.96. The Hall–Kier alpha value is -1.99. The van der Waals surface area contributed by atoms with E-state index in [4.69, 9.17) is 19.9 Å². The normalized spacial score (nSPS) is 17.4. The van der Waals surface area contributed by atoms with Crippen LogP contribution in [0.4, 0.5) is 0 Å². The monoisotopic (exact) mass is 350 g/mol. The smallest absolute Gasteiger partial charge is 0.188 e. The lowest BCUT2D eigenvalue weighted by Gasteiger charge is -2.43. The molecule has 0 amide bonds.